The van der Waals surface area contributed by atoms with Gasteiger partial charge in [-0.2, -0.15) is 0 Å². The number of guanidine groups is 1. The molecule has 0 saturated carbocycles. The summed E-state index contributed by atoms with van der Waals surface area (Å²) in [4.78, 5) is 21.3. The molecule has 0 aliphatic rings. The monoisotopic (exact) mass is 401 g/mol. The normalized spacial score (nSPS) is 11.4. The fourth-order valence-corrected chi connectivity index (χ4v) is 2.86. The molecule has 0 saturated heterocycles. The summed E-state index contributed by atoms with van der Waals surface area (Å²) in [5, 5.41) is 6.31. The van der Waals surface area contributed by atoms with Crippen molar-refractivity contribution in [2.24, 2.45) is 4.99 Å². The lowest BCUT2D eigenvalue weighted by Gasteiger charge is -2.22. The molecule has 0 fully saturated rings. The molecule has 2 N–H and O–H groups in total. The highest BCUT2D eigenvalue weighted by atomic mass is 16.1. The van der Waals surface area contributed by atoms with Crippen LogP contribution in [0.15, 0.2) is 41.9 Å². The van der Waals surface area contributed by atoms with Crippen LogP contribution in [0.4, 0.5) is 0 Å². The van der Waals surface area contributed by atoms with E-state index in [1.54, 1.807) is 0 Å². The quantitative estimate of drug-likeness (QED) is 0.231. The van der Waals surface area contributed by atoms with Gasteiger partial charge in [-0.05, 0) is 58.0 Å². The van der Waals surface area contributed by atoms with E-state index in [1.807, 2.05) is 49.3 Å². The van der Waals surface area contributed by atoms with Crippen molar-refractivity contribution in [1.82, 2.24) is 20.4 Å². The fourth-order valence-electron chi connectivity index (χ4n) is 2.86. The molecule has 1 amide bonds. The molecular formula is C23H39N5O. The fraction of sp³-hybridized carbons (Fsp3) is 0.565. The zero-order valence-corrected chi connectivity index (χ0v) is 18.7. The molecule has 0 atom stereocenters. The van der Waals surface area contributed by atoms with Crippen molar-refractivity contribution in [3.63, 3.8) is 0 Å². The van der Waals surface area contributed by atoms with Crippen LogP contribution in [0, 0.1) is 0 Å². The second-order valence-corrected chi connectivity index (χ2v) is 7.49. The van der Waals surface area contributed by atoms with Gasteiger partial charge in [-0.25, -0.2) is 4.99 Å². The van der Waals surface area contributed by atoms with Crippen LogP contribution in [0.3, 0.4) is 0 Å². The number of unbranched alkanes of at least 4 members (excludes halogenated alkanes) is 3. The lowest BCUT2D eigenvalue weighted by atomic mass is 10.1. The van der Waals surface area contributed by atoms with Gasteiger partial charge in [0, 0.05) is 38.8 Å². The number of benzene rings is 1. The number of carbonyl (C=O) groups excluding carboxylic acids is 1. The van der Waals surface area contributed by atoms with Crippen molar-refractivity contribution in [3.05, 3.63) is 48.0 Å². The lowest BCUT2D eigenvalue weighted by Crippen LogP contribution is -2.39. The van der Waals surface area contributed by atoms with E-state index in [0.29, 0.717) is 18.7 Å². The van der Waals surface area contributed by atoms with Crippen molar-refractivity contribution >= 4 is 11.9 Å². The topological polar surface area (TPSA) is 60.0 Å². The van der Waals surface area contributed by atoms with Gasteiger partial charge in [0.2, 0.25) is 0 Å². The van der Waals surface area contributed by atoms with Crippen LogP contribution in [0.5, 0.6) is 0 Å². The molecule has 0 spiro atoms. The van der Waals surface area contributed by atoms with Crippen molar-refractivity contribution in [1.29, 1.82) is 0 Å². The van der Waals surface area contributed by atoms with Crippen LogP contribution >= 0.6 is 0 Å². The van der Waals surface area contributed by atoms with Crippen molar-refractivity contribution in [3.8, 4) is 0 Å². The van der Waals surface area contributed by atoms with Crippen LogP contribution in [-0.2, 0) is 6.54 Å². The molecule has 0 heterocycles. The number of aliphatic imine (C=N–C) groups is 1. The molecule has 6 heteroatoms. The smallest absolute Gasteiger partial charge is 0.251 e. The first-order valence-corrected chi connectivity index (χ1v) is 10.6. The number of allylic oxidation sites excluding steroid dienone is 1. The number of nitrogens with zero attached hydrogens (tertiary/aromatic N) is 3. The van der Waals surface area contributed by atoms with E-state index in [0.717, 1.165) is 44.0 Å². The third-order valence-corrected chi connectivity index (χ3v) is 4.54. The largest absolute Gasteiger partial charge is 0.357 e. The number of rotatable bonds is 13. The molecule has 1 rings (SSSR count). The highest BCUT2D eigenvalue weighted by Gasteiger charge is 2.08. The molecule has 0 unspecified atom stereocenters. The summed E-state index contributed by atoms with van der Waals surface area (Å²) in [6.45, 7) is 9.64. The predicted molar refractivity (Wildman–Crippen MR) is 123 cm³/mol. The number of hydrogen-bond acceptors (Lipinski definition) is 3. The zero-order valence-electron chi connectivity index (χ0n) is 18.7. The average Bonchev–Trinajstić information content (AvgIpc) is 2.70. The molecule has 1 aromatic rings. The Hall–Kier alpha value is -2.34. The van der Waals surface area contributed by atoms with Gasteiger partial charge >= 0.3 is 0 Å². The van der Waals surface area contributed by atoms with Gasteiger partial charge in [0.15, 0.2) is 5.96 Å². The van der Waals surface area contributed by atoms with Crippen LogP contribution < -0.4 is 10.6 Å². The van der Waals surface area contributed by atoms with Crippen LogP contribution in [0.2, 0.25) is 0 Å². The Labute approximate surface area is 177 Å². The molecule has 0 aromatic heterocycles. The van der Waals surface area contributed by atoms with Gasteiger partial charge in [0.1, 0.15) is 0 Å². The van der Waals surface area contributed by atoms with E-state index in [9.17, 15) is 4.79 Å². The Balaban J connectivity index is 2.64. The van der Waals surface area contributed by atoms with Crippen LogP contribution in [-0.4, -0.2) is 69.0 Å². The first-order valence-electron chi connectivity index (χ1n) is 10.6. The molecule has 29 heavy (non-hydrogen) atoms. The second-order valence-electron chi connectivity index (χ2n) is 7.49. The van der Waals surface area contributed by atoms with Crippen molar-refractivity contribution in [2.75, 3.05) is 47.3 Å². The lowest BCUT2D eigenvalue weighted by molar-refractivity contribution is 0.0951. The number of nitrogens with one attached hydrogen (secondary N) is 2. The van der Waals surface area contributed by atoms with E-state index < -0.39 is 0 Å². The van der Waals surface area contributed by atoms with E-state index in [-0.39, 0.29) is 5.91 Å². The summed E-state index contributed by atoms with van der Waals surface area (Å²) in [5.74, 6) is 0.860. The van der Waals surface area contributed by atoms with Crippen LogP contribution in [0.25, 0.3) is 0 Å². The summed E-state index contributed by atoms with van der Waals surface area (Å²) < 4.78 is 0. The maximum Gasteiger partial charge on any atom is 0.251 e. The molecule has 6 nitrogen and oxygen atoms in total. The van der Waals surface area contributed by atoms with E-state index in [2.05, 4.69) is 36.1 Å². The van der Waals surface area contributed by atoms with E-state index >= 15 is 0 Å². The third kappa shape index (κ3) is 10.7. The maximum atomic E-state index is 12.3. The van der Waals surface area contributed by atoms with Crippen molar-refractivity contribution < 1.29 is 4.79 Å². The SMILES string of the molecule is C=CCCCCCN(C)C(=NCc1cccc(C(=O)NCCN(C)C)c1)NCC. The minimum atomic E-state index is -0.0405. The molecule has 0 bridgehead atoms. The Morgan fingerprint density at radius 3 is 2.62 bits per heavy atom. The highest BCUT2D eigenvalue weighted by molar-refractivity contribution is 5.94. The molecule has 0 aliphatic heterocycles. The summed E-state index contributed by atoms with van der Waals surface area (Å²) in [6, 6.07) is 7.70. The predicted octanol–water partition coefficient (Wildman–Crippen LogP) is 3.12. The Morgan fingerprint density at radius 1 is 1.14 bits per heavy atom. The van der Waals surface area contributed by atoms with E-state index in [1.165, 1.54) is 12.8 Å². The first kappa shape index (κ1) is 24.7. The van der Waals surface area contributed by atoms with Gasteiger partial charge < -0.3 is 20.4 Å². The molecular weight excluding hydrogens is 362 g/mol. The van der Waals surface area contributed by atoms with Gasteiger partial charge in [-0.1, -0.05) is 24.6 Å². The third-order valence-electron chi connectivity index (χ3n) is 4.54. The number of carbonyl (C=O) groups is 1. The van der Waals surface area contributed by atoms with Gasteiger partial charge in [0.25, 0.3) is 5.91 Å². The average molecular weight is 402 g/mol. The number of hydrogen-bond donors (Lipinski definition) is 2. The summed E-state index contributed by atoms with van der Waals surface area (Å²) in [6.07, 6.45) is 6.58. The summed E-state index contributed by atoms with van der Waals surface area (Å²) in [7, 11) is 6.06. The van der Waals surface area contributed by atoms with Crippen LogP contribution in [0.1, 0.15) is 48.5 Å². The van der Waals surface area contributed by atoms with Crippen molar-refractivity contribution in [2.45, 2.75) is 39.2 Å². The molecule has 1 aromatic carbocycles. The van der Waals surface area contributed by atoms with Gasteiger partial charge in [-0.3, -0.25) is 4.79 Å². The van der Waals surface area contributed by atoms with E-state index in [4.69, 9.17) is 4.99 Å². The van der Waals surface area contributed by atoms with Gasteiger partial charge in [-0.15, -0.1) is 6.58 Å². The zero-order chi connectivity index (χ0) is 21.5. The minimum absolute atomic E-state index is 0.0405. The Kier molecular flexibility index (Phi) is 12.5. The Morgan fingerprint density at radius 2 is 1.93 bits per heavy atom. The first-order chi connectivity index (χ1) is 14.0. The molecule has 0 aliphatic carbocycles. The Bertz CT molecular complexity index is 642. The molecule has 0 radical (unpaired) electrons. The number of likely N-dealkylation sites (N-methyl/N-ethyl adjacent to an activating group) is 1. The standard InChI is InChI=1S/C23H39N5O/c1-6-8-9-10-11-16-28(5)23(24-7-2)26-19-20-13-12-14-21(18-20)22(29)25-15-17-27(3)4/h6,12-14,18H,1,7-11,15-17,19H2,2-5H3,(H,24,26)(H,25,29). The highest BCUT2D eigenvalue weighted by Crippen LogP contribution is 2.08. The van der Waals surface area contributed by atoms with Gasteiger partial charge in [0.05, 0.1) is 6.54 Å². The number of amides is 1. The second kappa shape index (κ2) is 14.6. The summed E-state index contributed by atoms with van der Waals surface area (Å²) in [5.41, 5.74) is 1.71. The molecule has 162 valence electrons. The maximum absolute atomic E-state index is 12.3. The summed E-state index contributed by atoms with van der Waals surface area (Å²) >= 11 is 0. The minimum Gasteiger partial charge on any atom is -0.357 e.